The summed E-state index contributed by atoms with van der Waals surface area (Å²) in [6.07, 6.45) is -3.20. The van der Waals surface area contributed by atoms with Gasteiger partial charge in [-0.05, 0) is 6.42 Å². The van der Waals surface area contributed by atoms with Crippen LogP contribution in [0.3, 0.4) is 0 Å². The molecule has 1 aromatic heterocycles. The van der Waals surface area contributed by atoms with E-state index in [4.69, 9.17) is 14.8 Å². The lowest BCUT2D eigenvalue weighted by Crippen LogP contribution is -2.46. The quantitative estimate of drug-likeness (QED) is 0.0740. The topological polar surface area (TPSA) is 306 Å². The van der Waals surface area contributed by atoms with Gasteiger partial charge in [0.25, 0.3) is 0 Å². The molecule has 0 saturated heterocycles. The van der Waals surface area contributed by atoms with Crippen molar-refractivity contribution >= 4 is 81.8 Å². The van der Waals surface area contributed by atoms with Crippen molar-refractivity contribution in [3.63, 3.8) is 0 Å². The number of carbonyl (C=O) groups excluding carboxylic acids is 3. The number of thioether (sulfide) groups is 1. The molecule has 9 unspecified atom stereocenters. The molecule has 1 fully saturated rings. The third kappa shape index (κ3) is 14.0. The second kappa shape index (κ2) is 20.4. The van der Waals surface area contributed by atoms with E-state index in [1.54, 1.807) is 4.57 Å². The zero-order valence-electron chi connectivity index (χ0n) is 27.5. The number of aliphatic hydroxyl groups is 3. The minimum Gasteiger partial charge on any atom is -0.390 e. The first-order valence-corrected chi connectivity index (χ1v) is 23.5. The number of rotatable bonds is 17. The number of amides is 2. The van der Waals surface area contributed by atoms with Gasteiger partial charge >= 0.3 is 15.6 Å². The van der Waals surface area contributed by atoms with Crippen LogP contribution in [0.2, 0.25) is 0 Å². The summed E-state index contributed by atoms with van der Waals surface area (Å²) in [6.45, 7) is 2.86. The van der Waals surface area contributed by atoms with Gasteiger partial charge in [-0.1, -0.05) is 33.6 Å². The number of carbonyl (C=O) groups is 3. The molecule has 2 heterocycles. The minimum absolute atomic E-state index is 0.0518. The maximum Gasteiger partial charge on any atom is 0.481 e. The number of aliphatic imine (C=N–C) groups is 1. The summed E-state index contributed by atoms with van der Waals surface area (Å²) in [7, 11) is -4.53. The Balaban J connectivity index is 0.00000278. The molecule has 286 valence electrons. The number of nitrogens with two attached hydrogens (primary N) is 1. The van der Waals surface area contributed by atoms with E-state index < -0.39 is 76.4 Å². The van der Waals surface area contributed by atoms with E-state index in [1.165, 1.54) is 27.1 Å². The fourth-order valence-electron chi connectivity index (χ4n) is 4.71. The third-order valence-corrected chi connectivity index (χ3v) is 10.7. The molecular weight excluding hydrogens is 781 g/mol. The number of fused-ring (bicyclic) bond motifs is 1. The van der Waals surface area contributed by atoms with Gasteiger partial charge in [0.15, 0.2) is 5.12 Å². The van der Waals surface area contributed by atoms with Crippen LogP contribution in [-0.2, 0) is 36.9 Å². The number of phosphoric acid groups is 2. The summed E-state index contributed by atoms with van der Waals surface area (Å²) in [5, 5.41) is 39.5. The molecule has 1 saturated carbocycles. The maximum absolute atomic E-state index is 12.5. The highest BCUT2D eigenvalue weighted by molar-refractivity contribution is 8.33. The first-order valence-electron chi connectivity index (χ1n) is 14.9. The number of aliphatic hydroxyl groups excluding tert-OH is 3. The average Bonchev–Trinajstić information content (AvgIpc) is 3.58. The largest absolute Gasteiger partial charge is 0.481 e. The minimum atomic E-state index is -5.31. The number of amidine groups is 1. The van der Waals surface area contributed by atoms with Gasteiger partial charge in [0.1, 0.15) is 36.2 Å². The molecule has 10 N–H and O–H groups in total. The molecule has 0 spiro atoms. The lowest BCUT2D eigenvalue weighted by Gasteiger charge is -2.30. The van der Waals surface area contributed by atoms with Gasteiger partial charge in [0.05, 0.1) is 31.7 Å². The normalized spacial score (nSPS) is 23.1. The van der Waals surface area contributed by atoms with Crippen molar-refractivity contribution in [2.45, 2.75) is 58.0 Å². The van der Waals surface area contributed by atoms with Crippen molar-refractivity contribution in [1.82, 2.24) is 20.2 Å². The summed E-state index contributed by atoms with van der Waals surface area (Å²) < 4.78 is 40.5. The van der Waals surface area contributed by atoms with Crippen LogP contribution in [0.4, 0.5) is 5.82 Å². The highest BCUT2D eigenvalue weighted by Crippen LogP contribution is 2.61. The van der Waals surface area contributed by atoms with Crippen LogP contribution in [0.5, 0.6) is 0 Å². The van der Waals surface area contributed by atoms with Gasteiger partial charge < -0.3 is 51.4 Å². The summed E-state index contributed by atoms with van der Waals surface area (Å²) in [4.78, 5) is 63.5. The first kappa shape index (κ1) is 45.0. The van der Waals surface area contributed by atoms with Gasteiger partial charge in [-0.2, -0.15) is 4.31 Å². The van der Waals surface area contributed by atoms with Crippen LogP contribution < -0.4 is 21.7 Å². The Morgan fingerprint density at radius 2 is 1.82 bits per heavy atom. The Bertz CT molecular complexity index is 1460. The number of imidazole rings is 1. The Morgan fingerprint density at radius 3 is 2.46 bits per heavy atom. The molecule has 0 radical (unpaired) electrons. The van der Waals surface area contributed by atoms with E-state index in [2.05, 4.69) is 48.1 Å². The Kier molecular flexibility index (Phi) is 18.3. The highest BCUT2D eigenvalue weighted by Gasteiger charge is 2.46. The van der Waals surface area contributed by atoms with Crippen LogP contribution >= 0.6 is 53.2 Å². The van der Waals surface area contributed by atoms with Crippen LogP contribution in [0, 0.1) is 11.3 Å². The maximum atomic E-state index is 12.5. The molecule has 1 aromatic rings. The molecule has 2 aliphatic rings. The SMILES string of the molecule is CC(=O)SCCNC(=O)CCNC(=O)C(O)C(C)(C)COP(=O)(O)OP(=O)(O)OCC1CC(n2cnc3c2NCN=C3N)C(O)C1O.PPP. The Hall–Kier alpha value is -1.13. The lowest BCUT2D eigenvalue weighted by atomic mass is 9.87. The molecule has 2 amide bonds. The van der Waals surface area contributed by atoms with Crippen molar-refractivity contribution in [3.05, 3.63) is 12.0 Å². The van der Waals surface area contributed by atoms with Crippen molar-refractivity contribution in [3.8, 4) is 0 Å². The smallest absolute Gasteiger partial charge is 0.390 e. The van der Waals surface area contributed by atoms with E-state index >= 15 is 0 Å². The summed E-state index contributed by atoms with van der Waals surface area (Å²) >= 11 is 1.05. The third-order valence-electron chi connectivity index (χ3n) is 7.29. The fourth-order valence-corrected chi connectivity index (χ4v) is 7.50. The first-order chi connectivity index (χ1) is 23.2. The van der Waals surface area contributed by atoms with Gasteiger partial charge in [-0.25, -0.2) is 19.1 Å². The Morgan fingerprint density at radius 1 is 1.18 bits per heavy atom. The predicted octanol–water partition coefficient (Wildman–Crippen LogP) is 0.0392. The van der Waals surface area contributed by atoms with E-state index in [0.717, 1.165) is 19.7 Å². The van der Waals surface area contributed by atoms with Crippen molar-refractivity contribution in [2.24, 2.45) is 22.1 Å². The second-order valence-corrected chi connectivity index (χ2v) is 20.3. The predicted molar refractivity (Wildman–Crippen MR) is 195 cm³/mol. The van der Waals surface area contributed by atoms with E-state index in [0.29, 0.717) is 17.3 Å². The van der Waals surface area contributed by atoms with E-state index in [1.807, 2.05) is 0 Å². The van der Waals surface area contributed by atoms with Gasteiger partial charge in [0.2, 0.25) is 11.8 Å². The molecule has 1 aliphatic heterocycles. The zero-order chi connectivity index (χ0) is 37.9. The molecule has 26 heteroatoms. The van der Waals surface area contributed by atoms with E-state index in [9.17, 15) is 48.6 Å². The monoisotopic (exact) mass is 827 g/mol. The number of nitrogens with one attached hydrogen (secondary N) is 3. The fraction of sp³-hybridized carbons (Fsp3) is 0.708. The molecule has 3 rings (SSSR count). The number of aromatic nitrogens is 2. The van der Waals surface area contributed by atoms with Crippen molar-refractivity contribution in [2.75, 3.05) is 44.0 Å². The summed E-state index contributed by atoms with van der Waals surface area (Å²) in [5.41, 5.74) is 4.68. The summed E-state index contributed by atoms with van der Waals surface area (Å²) in [6, 6.07) is -0.731. The van der Waals surface area contributed by atoms with Crippen LogP contribution in [0.25, 0.3) is 0 Å². The molecule has 0 bridgehead atoms. The van der Waals surface area contributed by atoms with Gasteiger partial charge in [-0.15, -0.1) is 17.9 Å². The number of nitrogens with zero attached hydrogens (tertiary/aromatic N) is 3. The Labute approximate surface area is 299 Å². The summed E-state index contributed by atoms with van der Waals surface area (Å²) in [5.74, 6) is -1.16. The number of anilines is 1. The molecule has 20 nitrogen and oxygen atoms in total. The van der Waals surface area contributed by atoms with Gasteiger partial charge in [-0.3, -0.25) is 23.4 Å². The molecular formula is C24H46N7O13P5S. The average molecular weight is 828 g/mol. The molecule has 0 aromatic carbocycles. The lowest BCUT2D eigenvalue weighted by molar-refractivity contribution is -0.137. The molecule has 1 aliphatic carbocycles. The van der Waals surface area contributed by atoms with E-state index in [-0.39, 0.29) is 43.6 Å². The number of hydrogen-bond acceptors (Lipinski definition) is 16. The van der Waals surface area contributed by atoms with Crippen LogP contribution in [-0.4, -0.2) is 114 Å². The standard InChI is InChI=1S/C24H41N7O13P2S.H5P3/c1-13(32)47-7-6-26-16(33)4-5-27-23(37)20(36)24(2,3)10-43-46(40,41)44-45(38,39)42-9-14-8-15(19(35)18(14)34)31-12-30-17-21(25)28-11-29-22(17)31;1-3-2/h12,14-15,18-20,29,34-36H,4-11H2,1-3H3,(H2,25,28)(H,26,33)(H,27,37)(H,38,39)(H,40,41);3H,1-2H2. The van der Waals surface area contributed by atoms with Crippen molar-refractivity contribution < 1.29 is 62.0 Å². The molecule has 9 atom stereocenters. The second-order valence-electron chi connectivity index (χ2n) is 11.6. The molecule has 50 heavy (non-hydrogen) atoms. The van der Waals surface area contributed by atoms with Crippen LogP contribution in [0.15, 0.2) is 11.3 Å². The number of phosphoric ester groups is 2. The highest BCUT2D eigenvalue weighted by atomic mass is 32.4. The van der Waals surface area contributed by atoms with Crippen molar-refractivity contribution in [1.29, 1.82) is 0 Å². The van der Waals surface area contributed by atoms with Crippen LogP contribution in [0.1, 0.15) is 45.3 Å². The van der Waals surface area contributed by atoms with Gasteiger partial charge in [0, 0.05) is 43.5 Å². The number of hydrogen-bond donors (Lipinski definition) is 9. The zero-order valence-corrected chi connectivity index (χ0v) is 33.4.